The van der Waals surface area contributed by atoms with E-state index in [1.54, 1.807) is 35.7 Å². The first kappa shape index (κ1) is 37.5. The first-order valence-electron chi connectivity index (χ1n) is 18.0. The van der Waals surface area contributed by atoms with Crippen LogP contribution in [0.15, 0.2) is 61.4 Å². The Morgan fingerprint density at radius 2 is 1.31 bits per heavy atom. The summed E-state index contributed by atoms with van der Waals surface area (Å²) in [6.45, 7) is 13.3. The Kier molecular flexibility index (Phi) is 13.6. The van der Waals surface area contributed by atoms with Gasteiger partial charge < -0.3 is 34.8 Å². The van der Waals surface area contributed by atoms with Crippen molar-refractivity contribution < 1.29 is 24.2 Å². The van der Waals surface area contributed by atoms with Crippen LogP contribution in [0.5, 0.6) is 11.8 Å². The second-order valence-electron chi connectivity index (χ2n) is 11.7. The number of pyridine rings is 2. The Morgan fingerprint density at radius 1 is 0.833 bits per heavy atom. The number of carboxylic acids is 1. The number of carbonyl (C=O) groups is 2. The number of aromatic nitrogens is 12. The highest BCUT2D eigenvalue weighted by molar-refractivity contribution is 6.92. The van der Waals surface area contributed by atoms with Crippen LogP contribution in [-0.4, -0.2) is 94.1 Å². The minimum Gasteiger partial charge on any atom is -0.479 e. The summed E-state index contributed by atoms with van der Waals surface area (Å²) >= 11 is 0. The molecule has 0 bridgehead atoms. The molecule has 6 aromatic rings. The molecule has 0 aliphatic carbocycles. The highest BCUT2D eigenvalue weighted by Crippen LogP contribution is 2.22. The number of nitrogen functional groups attached to an aromatic ring is 1. The van der Waals surface area contributed by atoms with Crippen molar-refractivity contribution >= 4 is 33.2 Å². The molecule has 0 radical (unpaired) electrons. The predicted molar refractivity (Wildman–Crippen MR) is 207 cm³/mol. The molecule has 0 spiro atoms. The average Bonchev–Trinajstić information content (AvgIpc) is 4.00. The average molecular weight is 769 g/mol. The van der Waals surface area contributed by atoms with Gasteiger partial charge in [0, 0.05) is 37.6 Å². The van der Waals surface area contributed by atoms with Gasteiger partial charge in [-0.15, -0.1) is 30.6 Å². The van der Waals surface area contributed by atoms with Crippen LogP contribution < -0.4 is 20.5 Å². The molecule has 0 saturated carbocycles. The maximum atomic E-state index is 12.6. The molecule has 288 valence electrons. The maximum absolute atomic E-state index is 12.6. The van der Waals surface area contributed by atoms with Crippen molar-refractivity contribution in [3.05, 3.63) is 72.6 Å². The highest BCUT2D eigenvalue weighted by Gasteiger charge is 2.19. The van der Waals surface area contributed by atoms with Crippen molar-refractivity contribution in [2.45, 2.75) is 66.7 Å². The van der Waals surface area contributed by atoms with Crippen LogP contribution in [0.1, 0.15) is 74.3 Å². The van der Waals surface area contributed by atoms with Gasteiger partial charge in [-0.25, -0.2) is 14.8 Å². The smallest absolute Gasteiger partial charge is 0.342 e. The summed E-state index contributed by atoms with van der Waals surface area (Å²) < 4.78 is 34.9. The number of aromatic carboxylic acids is 1. The number of nitrogens with two attached hydrogens (primary N) is 1. The van der Waals surface area contributed by atoms with Crippen molar-refractivity contribution in [2.24, 2.45) is 0 Å². The number of nitrogens with one attached hydrogen (secondary N) is 1. The number of rotatable bonds is 11. The molecule has 6 rings (SSSR count). The van der Waals surface area contributed by atoms with E-state index >= 15 is 0 Å². The minimum atomic E-state index is -1.87. The molecule has 0 aliphatic rings. The van der Waals surface area contributed by atoms with Gasteiger partial charge in [0.2, 0.25) is 11.8 Å². The van der Waals surface area contributed by atoms with Gasteiger partial charge in [0.25, 0.3) is 5.91 Å². The van der Waals surface area contributed by atoms with Crippen molar-refractivity contribution in [3.8, 4) is 34.8 Å². The second kappa shape index (κ2) is 19.6. The van der Waals surface area contributed by atoms with E-state index < -0.39 is 15.7 Å². The lowest BCUT2D eigenvalue weighted by molar-refractivity contribution is 0.0693. The van der Waals surface area contributed by atoms with Crippen molar-refractivity contribution in [3.63, 3.8) is 0 Å². The molecule has 0 fully saturated rings. The van der Waals surface area contributed by atoms with E-state index in [1.807, 2.05) is 61.1 Å². The molecule has 0 saturated heterocycles. The summed E-state index contributed by atoms with van der Waals surface area (Å²) in [6, 6.07) is 11.3. The lowest BCUT2D eigenvalue weighted by atomic mass is 10.3. The number of hydrogen-bond acceptors (Lipinski definition) is 13. The number of aryl methyl sites for hydroxylation is 2. The van der Waals surface area contributed by atoms with Crippen LogP contribution in [-0.2, 0) is 13.1 Å². The summed E-state index contributed by atoms with van der Waals surface area (Å²) in [5, 5.41) is 35.5. The number of methoxy groups -OCH3 is 2. The van der Waals surface area contributed by atoms with Crippen LogP contribution >= 0.6 is 9.73 Å². The standard InChI is InChI=1S/C17H21N7O2.C10H13N5.C7H10N2O3.H3P/c1-5-23-9-12(17(22-23)26-4)16(25)20-14-8-6-7-13(19-14)15-21-18-10-24(15)11(2)3;1-7(2)15-6-12-14-10(15)8-4-3-5-9(11)13-8;1-3-9-4-5(7(10)11)6(8-9)12-2;/h6-11H,5H2,1-4H3,(H,19,20,25);3-7H,1-2H3,(H2,11,13);4H,3H2,1-2H3,(H,10,11);1H3/i;;;1T3. The van der Waals surface area contributed by atoms with Gasteiger partial charge in [-0.1, -0.05) is 12.1 Å². The Bertz CT molecular complexity index is 2180. The molecule has 20 heteroatoms. The van der Waals surface area contributed by atoms with Crippen LogP contribution in [0.4, 0.5) is 11.6 Å². The largest absolute Gasteiger partial charge is 0.479 e. The third-order valence-corrected chi connectivity index (χ3v) is 7.44. The minimum absolute atomic E-state index is 0.0966. The third-order valence-electron chi connectivity index (χ3n) is 7.44. The fourth-order valence-corrected chi connectivity index (χ4v) is 4.73. The van der Waals surface area contributed by atoms with E-state index in [0.29, 0.717) is 47.8 Å². The number of carbonyl (C=O) groups excluding carboxylic acids is 1. The van der Waals surface area contributed by atoms with Gasteiger partial charge in [-0.2, -0.15) is 9.73 Å². The topological polar surface area (TPSA) is 234 Å². The summed E-state index contributed by atoms with van der Waals surface area (Å²) in [4.78, 5) is 31.9. The zero-order valence-corrected chi connectivity index (χ0v) is 32.2. The van der Waals surface area contributed by atoms with Gasteiger partial charge in [-0.3, -0.25) is 14.2 Å². The Hall–Kier alpha value is -6.23. The fraction of sp³-hybridized carbons (Fsp3) is 0.353. The van der Waals surface area contributed by atoms with Crippen LogP contribution in [0, 0.1) is 0 Å². The van der Waals surface area contributed by atoms with Gasteiger partial charge >= 0.3 is 5.97 Å². The molecule has 0 aliphatic heterocycles. The molecule has 6 aromatic heterocycles. The summed E-state index contributed by atoms with van der Waals surface area (Å²) in [5.74, 6) is 1.38. The van der Waals surface area contributed by atoms with Gasteiger partial charge in [-0.05, 0) is 65.8 Å². The van der Waals surface area contributed by atoms with Crippen molar-refractivity contribution in [1.82, 2.24) is 59.1 Å². The number of carboxylic acid groups (broad SMARTS) is 1. The van der Waals surface area contributed by atoms with Gasteiger partial charge in [0.1, 0.15) is 46.8 Å². The predicted octanol–water partition coefficient (Wildman–Crippen LogP) is 4.57. The highest BCUT2D eigenvalue weighted by atomic mass is 31.0. The van der Waals surface area contributed by atoms with E-state index in [2.05, 4.69) is 59.7 Å². The monoisotopic (exact) mass is 768 g/mol. The number of amides is 1. The lowest BCUT2D eigenvalue weighted by Crippen LogP contribution is -2.14. The molecule has 0 unspecified atom stereocenters. The van der Waals surface area contributed by atoms with E-state index in [0.717, 1.165) is 11.5 Å². The molecule has 1 amide bonds. The normalized spacial score (nSPS) is 11.2. The number of ether oxygens (including phenoxy) is 2. The first-order valence-corrected chi connectivity index (χ1v) is 16.7. The van der Waals surface area contributed by atoms with Gasteiger partial charge in [0.05, 0.1) is 18.1 Å². The third kappa shape index (κ3) is 10.4. The Balaban J connectivity index is 0.000000237. The van der Waals surface area contributed by atoms with Crippen LogP contribution in [0.3, 0.4) is 0 Å². The van der Waals surface area contributed by atoms with Crippen molar-refractivity contribution in [2.75, 3.05) is 25.3 Å². The van der Waals surface area contributed by atoms with Crippen LogP contribution in [0.2, 0.25) is 0 Å². The SMILES string of the molecule is CC(C)n1cnnc1-c1cccc(N)n1.CCn1cc(C(=O)Nc2cccc(-c3nncn3C(C)C)n2)c(OC)n1.CCn1cc(C(=O)O)c(OC)n1.[3H]P([3H])[3H]. The van der Waals surface area contributed by atoms with E-state index in [4.69, 9.17) is 24.1 Å². The zero-order chi connectivity index (χ0) is 42.2. The molecular weight excluding hydrogens is 715 g/mol. The van der Waals surface area contributed by atoms with E-state index in [-0.39, 0.29) is 29.3 Å². The van der Waals surface area contributed by atoms with Crippen LogP contribution in [0.25, 0.3) is 23.0 Å². The molecule has 6 heterocycles. The first-order chi connectivity index (χ1) is 27.1. The molecular formula is C34H47N14O5P. The van der Waals surface area contributed by atoms with Gasteiger partial charge in [0.15, 0.2) is 11.6 Å². The second-order valence-corrected chi connectivity index (χ2v) is 11.7. The van der Waals surface area contributed by atoms with Crippen molar-refractivity contribution in [1.29, 1.82) is 3.84 Å². The number of nitrogens with zero attached hydrogens (tertiary/aromatic N) is 12. The molecule has 0 aromatic carbocycles. The molecule has 19 nitrogen and oxygen atoms in total. The molecule has 54 heavy (non-hydrogen) atoms. The lowest BCUT2D eigenvalue weighted by Gasteiger charge is -2.10. The van der Waals surface area contributed by atoms with E-state index in [9.17, 15) is 9.59 Å². The number of anilines is 2. The summed E-state index contributed by atoms with van der Waals surface area (Å²) in [7, 11) is 1.01. The Morgan fingerprint density at radius 3 is 1.76 bits per heavy atom. The quantitative estimate of drug-likeness (QED) is 0.153. The molecule has 0 atom stereocenters. The molecule has 4 N–H and O–H groups in total. The number of hydrogen-bond donors (Lipinski definition) is 3. The summed E-state index contributed by atoms with van der Waals surface area (Å²) in [6.07, 6.45) is 6.45. The maximum Gasteiger partial charge on any atom is 0.342 e. The fourth-order valence-electron chi connectivity index (χ4n) is 4.73. The zero-order valence-electron chi connectivity index (χ0n) is 34.3. The Labute approximate surface area is 319 Å². The van der Waals surface area contributed by atoms with E-state index in [1.165, 1.54) is 25.1 Å². The summed E-state index contributed by atoms with van der Waals surface area (Å²) in [5.41, 5.74) is 7.45.